The Hall–Kier alpha value is -1.68. The monoisotopic (exact) mass is 562 g/mol. The highest BCUT2D eigenvalue weighted by atomic mass is 31.2. The zero-order valence-corrected chi connectivity index (χ0v) is 24.9. The summed E-state index contributed by atoms with van der Waals surface area (Å²) in [5.74, 6) is 0. The fourth-order valence-corrected chi connectivity index (χ4v) is 5.75. The molecule has 38 heavy (non-hydrogen) atoms. The molecule has 3 unspecified atom stereocenters. The number of likely N-dealkylation sites (N-methyl/N-ethyl adjacent to an activating group) is 1. The Morgan fingerprint density at radius 3 is 2.47 bits per heavy atom. The number of nitriles is 1. The fraction of sp³-hybridized carbons (Fsp3) is 0.800. The zero-order chi connectivity index (χ0) is 30.6. The maximum Gasteiger partial charge on any atom is 0.330 e. The van der Waals surface area contributed by atoms with Crippen LogP contribution in [0, 0.1) is 18.3 Å². The van der Waals surface area contributed by atoms with Gasteiger partial charge in [-0.05, 0) is 55.1 Å². The van der Waals surface area contributed by atoms with Gasteiger partial charge in [0.05, 0.1) is 31.8 Å². The topological polar surface area (TPSA) is 142 Å². The number of aryl methyl sites for hydroxylation is 1. The van der Waals surface area contributed by atoms with E-state index in [1.54, 1.807) is 13.8 Å². The SMILES string of the molecule is [2H][C@@H](C)[C@H]1O[C@@H](n2cc(C)c(=O)[nH]c2=O)C(OCCN(C)C)C1OP(OCCC#N)N(C(C)C)C(C)C.[3H]OC. The predicted octanol–water partition coefficient (Wildman–Crippen LogP) is 2.37. The van der Waals surface area contributed by atoms with Crippen molar-refractivity contribution in [3.8, 4) is 6.07 Å². The molecule has 1 aromatic rings. The summed E-state index contributed by atoms with van der Waals surface area (Å²) in [7, 11) is 3.49. The average Bonchev–Trinajstić information content (AvgIpc) is 3.19. The van der Waals surface area contributed by atoms with Crippen molar-refractivity contribution in [3.63, 3.8) is 0 Å². The third kappa shape index (κ3) is 9.50. The highest BCUT2D eigenvalue weighted by molar-refractivity contribution is 7.44. The first-order chi connectivity index (χ1) is 18.8. The summed E-state index contributed by atoms with van der Waals surface area (Å²) in [5, 5.41) is 12.5. The van der Waals surface area contributed by atoms with E-state index in [0.29, 0.717) is 18.7 Å². The summed E-state index contributed by atoms with van der Waals surface area (Å²) >= 11 is 0. The molecule has 2 heterocycles. The number of rotatable bonds is 14. The Morgan fingerprint density at radius 2 is 1.95 bits per heavy atom. The lowest BCUT2D eigenvalue weighted by Crippen LogP contribution is -2.42. The third-order valence-electron chi connectivity index (χ3n) is 5.70. The number of H-pyrrole nitrogens is 1. The zero-order valence-electron chi connectivity index (χ0n) is 26.0. The molecule has 1 saturated heterocycles. The lowest BCUT2D eigenvalue weighted by atomic mass is 10.1. The number of nitrogens with zero attached hydrogens (tertiary/aromatic N) is 4. The van der Waals surface area contributed by atoms with Crippen LogP contribution in [-0.4, -0.2) is 97.0 Å². The van der Waals surface area contributed by atoms with Crippen LogP contribution in [0.2, 0.25) is 0 Å². The van der Waals surface area contributed by atoms with Gasteiger partial charge in [0.2, 0.25) is 1.43 Å². The first-order valence-corrected chi connectivity index (χ1v) is 13.8. The van der Waals surface area contributed by atoms with Gasteiger partial charge in [0.15, 0.2) is 6.23 Å². The number of aromatic nitrogens is 2. The standard InChI is InChI=1S/C24H42N5O6P.CH4O/c1-9-19-20(35-36(33-13-10-11-25)29(16(2)3)17(4)5)21(32-14-12-27(7)8)23(34-19)28-15-18(6)22(30)26-24(28)31;1-2/h15-17,19-21,23H,9-10,12-14H2,1-8H3,(H,26,30,31);2H,1H3/t19-,20?,21?,23-,36?;/m1./s1/i9D;2T/t9-,19+,20?,21?,23+,36?;/m0.. The number of aliphatic hydroxyl groups is 1. The minimum Gasteiger partial charge on any atom is -0.400 e. The van der Waals surface area contributed by atoms with Gasteiger partial charge < -0.3 is 28.5 Å². The molecule has 1 aromatic heterocycles. The summed E-state index contributed by atoms with van der Waals surface area (Å²) in [6, 6.07) is 2.25. The second-order valence-corrected chi connectivity index (χ2v) is 11.0. The fourth-order valence-electron chi connectivity index (χ4n) is 4.00. The molecule has 0 aromatic carbocycles. The molecule has 0 radical (unpaired) electrons. The third-order valence-corrected chi connectivity index (χ3v) is 7.82. The first kappa shape index (κ1) is 30.9. The number of hydrogen-bond acceptors (Lipinski definition) is 10. The molecule has 12 nitrogen and oxygen atoms in total. The molecular weight excluding hydrogens is 513 g/mol. The van der Waals surface area contributed by atoms with Gasteiger partial charge in [-0.15, -0.1) is 0 Å². The number of hydrogen-bond donors (Lipinski definition) is 2. The Morgan fingerprint density at radius 1 is 1.32 bits per heavy atom. The quantitative estimate of drug-likeness (QED) is 0.256. The van der Waals surface area contributed by atoms with Crippen molar-refractivity contribution in [2.45, 2.75) is 91.0 Å². The molecule has 0 amide bonds. The van der Waals surface area contributed by atoms with Gasteiger partial charge in [0.1, 0.15) is 12.2 Å². The smallest absolute Gasteiger partial charge is 0.330 e. The Kier molecular flexibility index (Phi) is 13.9. The van der Waals surface area contributed by atoms with Crippen molar-refractivity contribution in [2.24, 2.45) is 0 Å². The highest BCUT2D eigenvalue weighted by Crippen LogP contribution is 2.50. The Labute approximate surface area is 230 Å². The summed E-state index contributed by atoms with van der Waals surface area (Å²) in [6.45, 7) is 12.6. The van der Waals surface area contributed by atoms with Gasteiger partial charge >= 0.3 is 5.69 Å². The highest BCUT2D eigenvalue weighted by Gasteiger charge is 2.49. The van der Waals surface area contributed by atoms with E-state index in [-0.39, 0.29) is 25.1 Å². The van der Waals surface area contributed by atoms with Gasteiger partial charge in [-0.3, -0.25) is 14.3 Å². The van der Waals surface area contributed by atoms with Crippen molar-refractivity contribution >= 4 is 8.53 Å². The second kappa shape index (κ2) is 17.1. The van der Waals surface area contributed by atoms with Gasteiger partial charge in [-0.2, -0.15) is 5.26 Å². The van der Waals surface area contributed by atoms with Gasteiger partial charge in [0.25, 0.3) is 14.1 Å². The summed E-state index contributed by atoms with van der Waals surface area (Å²) in [5.41, 5.74) is -0.748. The van der Waals surface area contributed by atoms with Crippen LogP contribution in [0.5, 0.6) is 0 Å². The first-order valence-electron chi connectivity index (χ1n) is 13.7. The van der Waals surface area contributed by atoms with E-state index in [9.17, 15) is 9.59 Å². The van der Waals surface area contributed by atoms with Crippen LogP contribution in [0.15, 0.2) is 15.8 Å². The van der Waals surface area contributed by atoms with Crippen LogP contribution in [0.1, 0.15) is 60.6 Å². The summed E-state index contributed by atoms with van der Waals surface area (Å²) < 4.78 is 42.9. The Balaban J connectivity index is 0.00000254. The van der Waals surface area contributed by atoms with Crippen LogP contribution in [0.4, 0.5) is 0 Å². The maximum atomic E-state index is 12.8. The van der Waals surface area contributed by atoms with Crippen LogP contribution < -0.4 is 11.2 Å². The van der Waals surface area contributed by atoms with E-state index in [1.165, 1.54) is 17.9 Å². The lowest BCUT2D eigenvalue weighted by Gasteiger charge is -2.38. The normalized spacial score (nSPS) is 23.7. The van der Waals surface area contributed by atoms with Crippen molar-refractivity contribution < 1.29 is 25.0 Å². The van der Waals surface area contributed by atoms with E-state index in [0.717, 1.165) is 0 Å². The molecule has 13 heteroatoms. The molecule has 1 aliphatic rings. The van der Waals surface area contributed by atoms with Crippen LogP contribution in [0.3, 0.4) is 0 Å². The lowest BCUT2D eigenvalue weighted by molar-refractivity contribution is -0.0717. The van der Waals surface area contributed by atoms with E-state index in [2.05, 4.69) is 20.8 Å². The number of nitrogens with one attached hydrogen (secondary N) is 1. The maximum absolute atomic E-state index is 12.8. The molecule has 0 saturated carbocycles. The minimum absolute atomic E-state index is 0.0794. The van der Waals surface area contributed by atoms with Gasteiger partial charge in [-0.1, -0.05) is 6.92 Å². The number of aliphatic hydroxyl groups excluding tert-OH is 1. The molecule has 6 atom stereocenters. The molecule has 2 N–H and O–H groups in total. The molecule has 0 aliphatic carbocycles. The van der Waals surface area contributed by atoms with Gasteiger partial charge in [0, 0.05) is 38.9 Å². The predicted molar refractivity (Wildman–Crippen MR) is 147 cm³/mol. The van der Waals surface area contributed by atoms with E-state index >= 15 is 0 Å². The molecule has 0 bridgehead atoms. The van der Waals surface area contributed by atoms with Crippen molar-refractivity contribution in [1.82, 2.24) is 19.1 Å². The van der Waals surface area contributed by atoms with Crippen molar-refractivity contribution in [1.29, 1.82) is 6.69 Å². The number of aromatic amines is 1. The largest absolute Gasteiger partial charge is 0.400 e. The molecule has 218 valence electrons. The van der Waals surface area contributed by atoms with Crippen molar-refractivity contribution in [3.05, 3.63) is 32.6 Å². The molecule has 1 fully saturated rings. The van der Waals surface area contributed by atoms with E-state index in [1.807, 2.05) is 46.7 Å². The van der Waals surface area contributed by atoms with E-state index < -0.39 is 50.7 Å². The van der Waals surface area contributed by atoms with Gasteiger partial charge in [-0.25, -0.2) is 9.46 Å². The average molecular weight is 563 g/mol. The molecule has 2 rings (SSSR count). The summed E-state index contributed by atoms with van der Waals surface area (Å²) in [6.07, 6.45) is -2.21. The molecule has 1 aliphatic heterocycles. The second-order valence-electron chi connectivity index (χ2n) is 9.56. The molecular formula is C25H46N5O7P. The van der Waals surface area contributed by atoms with Crippen molar-refractivity contribution in [2.75, 3.05) is 41.0 Å². The Bertz CT molecular complexity index is 1030. The molecule has 0 spiro atoms. The summed E-state index contributed by atoms with van der Waals surface area (Å²) in [4.78, 5) is 29.1. The van der Waals surface area contributed by atoms with Crippen LogP contribution in [-0.2, 0) is 18.5 Å². The van der Waals surface area contributed by atoms with E-state index in [4.69, 9.17) is 26.6 Å². The minimum atomic E-state index is -1.65. The van der Waals surface area contributed by atoms with Crippen LogP contribution in [0.25, 0.3) is 0 Å². The number of ether oxygens (including phenoxy) is 2. The van der Waals surface area contributed by atoms with Crippen LogP contribution >= 0.6 is 8.53 Å².